The van der Waals surface area contributed by atoms with Gasteiger partial charge in [-0.2, -0.15) is 5.26 Å². The predicted octanol–water partition coefficient (Wildman–Crippen LogP) is 4.91. The molecule has 0 aliphatic carbocycles. The van der Waals surface area contributed by atoms with E-state index in [0.717, 1.165) is 5.39 Å². The van der Waals surface area contributed by atoms with Crippen molar-refractivity contribution in [3.8, 4) is 28.8 Å². The summed E-state index contributed by atoms with van der Waals surface area (Å²) in [6.07, 6.45) is 1.54. The van der Waals surface area contributed by atoms with E-state index in [1.165, 1.54) is 11.3 Å². The molecule has 0 saturated carbocycles. The molecule has 0 aliphatic heterocycles. The van der Waals surface area contributed by atoms with Crippen LogP contribution in [0.3, 0.4) is 0 Å². The molecule has 0 saturated heterocycles. The van der Waals surface area contributed by atoms with Crippen molar-refractivity contribution in [3.05, 3.63) is 75.5 Å². The summed E-state index contributed by atoms with van der Waals surface area (Å²) in [6, 6.07) is 16.5. The van der Waals surface area contributed by atoms with Gasteiger partial charge in [-0.05, 0) is 24.3 Å². The Kier molecular flexibility index (Phi) is 5.69. The van der Waals surface area contributed by atoms with Gasteiger partial charge < -0.3 is 19.2 Å². The Morgan fingerprint density at radius 3 is 2.81 bits per heavy atom. The van der Waals surface area contributed by atoms with Crippen molar-refractivity contribution in [2.75, 3.05) is 19.5 Å². The molecule has 4 rings (SSSR count). The SMILES string of the molecule is COc1ccc(OC)c(NC=C(C#N)c2nc(-c3cc4ccccc4oc3=O)cs2)c1. The van der Waals surface area contributed by atoms with E-state index in [-0.39, 0.29) is 0 Å². The topological polar surface area (TPSA) is 97.4 Å². The lowest BCUT2D eigenvalue weighted by Crippen LogP contribution is -2.03. The van der Waals surface area contributed by atoms with Crippen molar-refractivity contribution in [1.29, 1.82) is 5.26 Å². The third-order valence-corrected chi connectivity index (χ3v) is 5.43. The molecule has 2 heterocycles. The highest BCUT2D eigenvalue weighted by Crippen LogP contribution is 2.30. The molecule has 0 spiro atoms. The number of thiazole rings is 1. The zero-order valence-electron chi connectivity index (χ0n) is 16.7. The van der Waals surface area contributed by atoms with E-state index < -0.39 is 5.63 Å². The summed E-state index contributed by atoms with van der Waals surface area (Å²) < 4.78 is 16.0. The molecule has 0 atom stereocenters. The van der Waals surface area contributed by atoms with Crippen LogP contribution in [0.1, 0.15) is 5.01 Å². The van der Waals surface area contributed by atoms with Crippen LogP contribution in [0, 0.1) is 11.3 Å². The minimum absolute atomic E-state index is 0.311. The number of rotatable bonds is 6. The number of nitrogens with zero attached hydrogens (tertiary/aromatic N) is 2. The average Bonchev–Trinajstić information content (AvgIpc) is 3.28. The number of anilines is 1. The second-order valence-electron chi connectivity index (χ2n) is 6.40. The highest BCUT2D eigenvalue weighted by atomic mass is 32.1. The highest BCUT2D eigenvalue weighted by Gasteiger charge is 2.14. The standard InChI is InChI=1S/C23H17N3O4S/c1-28-16-7-8-21(29-2)18(10-16)25-12-15(11-24)22-26-19(13-31-22)17-9-14-5-3-4-6-20(14)30-23(17)27/h3-10,12-13,25H,1-2H3. The average molecular weight is 431 g/mol. The third-order valence-electron chi connectivity index (χ3n) is 4.55. The van der Waals surface area contributed by atoms with Gasteiger partial charge in [0.15, 0.2) is 0 Å². The maximum Gasteiger partial charge on any atom is 0.345 e. The first kappa shape index (κ1) is 20.2. The molecule has 0 amide bonds. The van der Waals surface area contributed by atoms with Crippen LogP contribution in [0.4, 0.5) is 5.69 Å². The van der Waals surface area contributed by atoms with Gasteiger partial charge in [0.1, 0.15) is 33.7 Å². The van der Waals surface area contributed by atoms with Crippen molar-refractivity contribution >= 4 is 33.6 Å². The number of nitriles is 1. The van der Waals surface area contributed by atoms with Crippen LogP contribution in [-0.2, 0) is 0 Å². The molecule has 154 valence electrons. The fraction of sp³-hybridized carbons (Fsp3) is 0.0870. The molecular formula is C23H17N3O4S. The predicted molar refractivity (Wildman–Crippen MR) is 120 cm³/mol. The minimum Gasteiger partial charge on any atom is -0.497 e. The fourth-order valence-electron chi connectivity index (χ4n) is 2.98. The molecule has 1 N–H and O–H groups in total. The van der Waals surface area contributed by atoms with Gasteiger partial charge >= 0.3 is 5.63 Å². The Balaban J connectivity index is 1.66. The molecule has 2 aromatic carbocycles. The second kappa shape index (κ2) is 8.73. The molecule has 4 aromatic rings. The van der Waals surface area contributed by atoms with E-state index >= 15 is 0 Å². The van der Waals surface area contributed by atoms with Gasteiger partial charge in [0.05, 0.1) is 31.2 Å². The number of benzene rings is 2. The van der Waals surface area contributed by atoms with Crippen molar-refractivity contribution < 1.29 is 13.9 Å². The molecular weight excluding hydrogens is 414 g/mol. The Morgan fingerprint density at radius 2 is 2.03 bits per heavy atom. The van der Waals surface area contributed by atoms with Crippen LogP contribution in [-0.4, -0.2) is 19.2 Å². The lowest BCUT2D eigenvalue weighted by atomic mass is 10.1. The molecule has 0 aliphatic rings. The Morgan fingerprint density at radius 1 is 1.19 bits per heavy atom. The van der Waals surface area contributed by atoms with Gasteiger partial charge in [-0.25, -0.2) is 9.78 Å². The van der Waals surface area contributed by atoms with Crippen molar-refractivity contribution in [3.63, 3.8) is 0 Å². The molecule has 0 unspecified atom stereocenters. The lowest BCUT2D eigenvalue weighted by molar-refractivity contribution is 0.405. The van der Waals surface area contributed by atoms with E-state index in [1.54, 1.807) is 62.2 Å². The molecule has 0 fully saturated rings. The number of allylic oxidation sites excluding steroid dienone is 1. The first-order valence-corrected chi connectivity index (χ1v) is 10.1. The first-order chi connectivity index (χ1) is 15.1. The van der Waals surface area contributed by atoms with E-state index in [0.29, 0.717) is 44.6 Å². The summed E-state index contributed by atoms with van der Waals surface area (Å²) in [6.45, 7) is 0. The summed E-state index contributed by atoms with van der Waals surface area (Å²) in [5, 5.41) is 15.7. The Hall–Kier alpha value is -4.09. The van der Waals surface area contributed by atoms with Crippen LogP contribution in [0.25, 0.3) is 27.8 Å². The number of para-hydroxylation sites is 1. The second-order valence-corrected chi connectivity index (χ2v) is 7.26. The van der Waals surface area contributed by atoms with E-state index in [9.17, 15) is 10.1 Å². The highest BCUT2D eigenvalue weighted by molar-refractivity contribution is 7.11. The van der Waals surface area contributed by atoms with E-state index in [1.807, 2.05) is 12.1 Å². The van der Waals surface area contributed by atoms with Crippen molar-refractivity contribution in [2.24, 2.45) is 0 Å². The van der Waals surface area contributed by atoms with Gasteiger partial charge in [0.2, 0.25) is 0 Å². The summed E-state index contributed by atoms with van der Waals surface area (Å²) in [5.74, 6) is 1.25. The first-order valence-electron chi connectivity index (χ1n) is 9.21. The monoisotopic (exact) mass is 431 g/mol. The van der Waals surface area contributed by atoms with Crippen LogP contribution in [0.5, 0.6) is 11.5 Å². The normalized spacial score (nSPS) is 11.2. The van der Waals surface area contributed by atoms with Crippen LogP contribution >= 0.6 is 11.3 Å². The van der Waals surface area contributed by atoms with Gasteiger partial charge in [0, 0.05) is 23.0 Å². The lowest BCUT2D eigenvalue weighted by Gasteiger charge is -2.10. The van der Waals surface area contributed by atoms with Gasteiger partial charge in [0.25, 0.3) is 0 Å². The number of hydrogen-bond donors (Lipinski definition) is 1. The molecule has 8 heteroatoms. The third kappa shape index (κ3) is 4.13. The minimum atomic E-state index is -0.475. The number of methoxy groups -OCH3 is 2. The number of nitrogens with one attached hydrogen (secondary N) is 1. The Bertz CT molecular complexity index is 1380. The Labute approximate surface area is 181 Å². The number of fused-ring (bicyclic) bond motifs is 1. The van der Waals surface area contributed by atoms with Gasteiger partial charge in [-0.15, -0.1) is 11.3 Å². The number of ether oxygens (including phenoxy) is 2. The number of hydrogen-bond acceptors (Lipinski definition) is 8. The van der Waals surface area contributed by atoms with Gasteiger partial charge in [-0.1, -0.05) is 18.2 Å². The summed E-state index contributed by atoms with van der Waals surface area (Å²) in [5.41, 5.74) is 1.80. The molecule has 31 heavy (non-hydrogen) atoms. The molecule has 0 bridgehead atoms. The van der Waals surface area contributed by atoms with E-state index in [4.69, 9.17) is 13.9 Å². The molecule has 7 nitrogen and oxygen atoms in total. The smallest absolute Gasteiger partial charge is 0.345 e. The summed E-state index contributed by atoms with van der Waals surface area (Å²) >= 11 is 1.27. The van der Waals surface area contributed by atoms with Gasteiger partial charge in [-0.3, -0.25) is 0 Å². The van der Waals surface area contributed by atoms with Crippen LogP contribution in [0.15, 0.2) is 69.3 Å². The van der Waals surface area contributed by atoms with Crippen molar-refractivity contribution in [2.45, 2.75) is 0 Å². The quantitative estimate of drug-likeness (QED) is 0.342. The molecule has 0 radical (unpaired) electrons. The van der Waals surface area contributed by atoms with Crippen molar-refractivity contribution in [1.82, 2.24) is 4.98 Å². The number of aromatic nitrogens is 1. The van der Waals surface area contributed by atoms with E-state index in [2.05, 4.69) is 16.4 Å². The zero-order valence-corrected chi connectivity index (χ0v) is 17.5. The van der Waals surface area contributed by atoms with Crippen LogP contribution in [0.2, 0.25) is 0 Å². The maximum absolute atomic E-state index is 12.4. The zero-order chi connectivity index (χ0) is 21.8. The largest absolute Gasteiger partial charge is 0.497 e. The summed E-state index contributed by atoms with van der Waals surface area (Å²) in [4.78, 5) is 16.9. The van der Waals surface area contributed by atoms with Crippen LogP contribution < -0.4 is 20.4 Å². The fourth-order valence-corrected chi connectivity index (χ4v) is 3.77. The maximum atomic E-state index is 12.4. The summed E-state index contributed by atoms with van der Waals surface area (Å²) in [7, 11) is 3.13. The molecule has 2 aromatic heterocycles.